The van der Waals surface area contributed by atoms with Crippen molar-refractivity contribution in [2.45, 2.75) is 32.2 Å². The number of nitrogens with one attached hydrogen (secondary N) is 1. The van der Waals surface area contributed by atoms with Gasteiger partial charge in [-0.25, -0.2) is 4.39 Å². The molecule has 0 fully saturated rings. The fourth-order valence-corrected chi connectivity index (χ4v) is 2.48. The molecule has 0 heterocycles. The van der Waals surface area contributed by atoms with E-state index in [1.165, 1.54) is 6.07 Å². The number of hydrogen-bond donors (Lipinski definition) is 2. The first-order valence-electron chi connectivity index (χ1n) is 7.43. The van der Waals surface area contributed by atoms with Crippen molar-refractivity contribution in [1.82, 2.24) is 5.32 Å². The molecule has 2 nitrogen and oxygen atoms in total. The fourth-order valence-electron chi connectivity index (χ4n) is 2.48. The summed E-state index contributed by atoms with van der Waals surface area (Å²) in [7, 11) is 0. The third-order valence-electron chi connectivity index (χ3n) is 3.45. The molecule has 0 aliphatic rings. The second kappa shape index (κ2) is 7.79. The largest absolute Gasteiger partial charge is 0.508 e. The van der Waals surface area contributed by atoms with Crippen molar-refractivity contribution in [3.05, 3.63) is 65.5 Å². The Bertz CT molecular complexity index is 523. The summed E-state index contributed by atoms with van der Waals surface area (Å²) in [6.07, 6.45) is 2.64. The molecule has 0 radical (unpaired) electrons. The molecule has 2 aromatic rings. The van der Waals surface area contributed by atoms with Gasteiger partial charge < -0.3 is 10.4 Å². The predicted molar refractivity (Wildman–Crippen MR) is 84.0 cm³/mol. The summed E-state index contributed by atoms with van der Waals surface area (Å²) < 4.78 is 13.3. The average Bonchev–Trinajstić information content (AvgIpc) is 2.45. The fraction of sp³-hybridized carbons (Fsp3) is 0.333. The predicted octanol–water partition coefficient (Wildman–Crippen LogP) is 3.68. The molecule has 0 aromatic heterocycles. The van der Waals surface area contributed by atoms with Crippen LogP contribution in [0.2, 0.25) is 0 Å². The number of phenolic OH excluding ortho intramolecular Hbond substituents is 1. The van der Waals surface area contributed by atoms with Crippen molar-refractivity contribution in [3.63, 3.8) is 0 Å². The summed E-state index contributed by atoms with van der Waals surface area (Å²) in [6, 6.07) is 14.3. The van der Waals surface area contributed by atoms with Gasteiger partial charge in [-0.3, -0.25) is 0 Å². The molecular weight excluding hydrogens is 265 g/mol. The molecule has 0 saturated heterocycles. The highest BCUT2D eigenvalue weighted by Crippen LogP contribution is 2.15. The van der Waals surface area contributed by atoms with Crippen LogP contribution >= 0.6 is 0 Å². The lowest BCUT2D eigenvalue weighted by Gasteiger charge is -2.19. The van der Waals surface area contributed by atoms with Crippen molar-refractivity contribution >= 4 is 0 Å². The topological polar surface area (TPSA) is 32.3 Å². The van der Waals surface area contributed by atoms with Crippen LogP contribution in [0.5, 0.6) is 5.75 Å². The van der Waals surface area contributed by atoms with Gasteiger partial charge in [-0.05, 0) is 61.2 Å². The van der Waals surface area contributed by atoms with Gasteiger partial charge in [0.25, 0.3) is 0 Å². The van der Waals surface area contributed by atoms with Crippen LogP contribution in [0.1, 0.15) is 24.5 Å². The van der Waals surface area contributed by atoms with Gasteiger partial charge in [0.2, 0.25) is 0 Å². The standard InChI is InChI=1S/C18H22FNO/c1-2-9-20-17(11-14-5-3-7-16(19)10-14)12-15-6-4-8-18(21)13-15/h3-8,10,13,17,20-21H,2,9,11-12H2,1H3. The molecular formula is C18H22FNO. The minimum Gasteiger partial charge on any atom is -0.508 e. The zero-order valence-corrected chi connectivity index (χ0v) is 12.3. The van der Waals surface area contributed by atoms with E-state index >= 15 is 0 Å². The highest BCUT2D eigenvalue weighted by molar-refractivity contribution is 5.28. The van der Waals surface area contributed by atoms with Gasteiger partial charge >= 0.3 is 0 Å². The van der Waals surface area contributed by atoms with Gasteiger partial charge in [0.15, 0.2) is 0 Å². The lowest BCUT2D eigenvalue weighted by molar-refractivity contribution is 0.471. The summed E-state index contributed by atoms with van der Waals surface area (Å²) in [5.74, 6) is 0.0894. The summed E-state index contributed by atoms with van der Waals surface area (Å²) in [6.45, 7) is 3.05. The first-order chi connectivity index (χ1) is 10.2. The zero-order valence-electron chi connectivity index (χ0n) is 12.3. The Morgan fingerprint density at radius 1 is 1.05 bits per heavy atom. The molecule has 2 N–H and O–H groups in total. The molecule has 3 heteroatoms. The monoisotopic (exact) mass is 287 g/mol. The summed E-state index contributed by atoms with van der Waals surface area (Å²) in [5.41, 5.74) is 2.07. The first-order valence-corrected chi connectivity index (χ1v) is 7.43. The van der Waals surface area contributed by atoms with Gasteiger partial charge in [-0.15, -0.1) is 0 Å². The van der Waals surface area contributed by atoms with Crippen LogP contribution in [0.15, 0.2) is 48.5 Å². The van der Waals surface area contributed by atoms with Crippen LogP contribution in [-0.2, 0) is 12.8 Å². The van der Waals surface area contributed by atoms with E-state index in [0.717, 1.165) is 36.9 Å². The van der Waals surface area contributed by atoms with Gasteiger partial charge in [-0.1, -0.05) is 31.2 Å². The smallest absolute Gasteiger partial charge is 0.123 e. The Hall–Kier alpha value is -1.87. The molecule has 1 atom stereocenters. The quantitative estimate of drug-likeness (QED) is 0.814. The molecule has 2 rings (SSSR count). The van der Waals surface area contributed by atoms with E-state index in [0.29, 0.717) is 0 Å². The molecule has 112 valence electrons. The lowest BCUT2D eigenvalue weighted by Crippen LogP contribution is -2.33. The average molecular weight is 287 g/mol. The maximum Gasteiger partial charge on any atom is 0.123 e. The number of phenols is 1. The molecule has 1 unspecified atom stereocenters. The van der Waals surface area contributed by atoms with Crippen LogP contribution in [0.4, 0.5) is 4.39 Å². The van der Waals surface area contributed by atoms with E-state index in [1.807, 2.05) is 18.2 Å². The maximum absolute atomic E-state index is 13.3. The van der Waals surface area contributed by atoms with Crippen LogP contribution in [0, 0.1) is 5.82 Å². The van der Waals surface area contributed by atoms with Crippen LogP contribution in [-0.4, -0.2) is 17.7 Å². The molecule has 0 bridgehead atoms. The summed E-state index contributed by atoms with van der Waals surface area (Å²) >= 11 is 0. The number of halogens is 1. The molecule has 0 amide bonds. The van der Waals surface area contributed by atoms with Crippen molar-refractivity contribution in [2.75, 3.05) is 6.54 Å². The Balaban J connectivity index is 2.06. The number of rotatable bonds is 7. The van der Waals surface area contributed by atoms with E-state index in [-0.39, 0.29) is 17.6 Å². The van der Waals surface area contributed by atoms with Crippen molar-refractivity contribution in [1.29, 1.82) is 0 Å². The van der Waals surface area contributed by atoms with E-state index < -0.39 is 0 Å². The molecule has 21 heavy (non-hydrogen) atoms. The SMILES string of the molecule is CCCNC(Cc1cccc(O)c1)Cc1cccc(F)c1. The minimum absolute atomic E-state index is 0.195. The normalized spacial score (nSPS) is 12.3. The third kappa shape index (κ3) is 5.20. The van der Waals surface area contributed by atoms with Crippen molar-refractivity contribution in [2.24, 2.45) is 0 Å². The molecule has 0 aliphatic carbocycles. The third-order valence-corrected chi connectivity index (χ3v) is 3.45. The maximum atomic E-state index is 13.3. The molecule has 0 spiro atoms. The van der Waals surface area contributed by atoms with Gasteiger partial charge in [-0.2, -0.15) is 0 Å². The highest BCUT2D eigenvalue weighted by atomic mass is 19.1. The van der Waals surface area contributed by atoms with Crippen LogP contribution < -0.4 is 5.32 Å². The van der Waals surface area contributed by atoms with Gasteiger partial charge in [0.05, 0.1) is 0 Å². The number of aromatic hydroxyl groups is 1. The summed E-state index contributed by atoms with van der Waals surface area (Å²) in [5, 5.41) is 13.1. The summed E-state index contributed by atoms with van der Waals surface area (Å²) in [4.78, 5) is 0. The van der Waals surface area contributed by atoms with Crippen LogP contribution in [0.25, 0.3) is 0 Å². The number of benzene rings is 2. The Morgan fingerprint density at radius 3 is 2.33 bits per heavy atom. The lowest BCUT2D eigenvalue weighted by atomic mass is 9.98. The Morgan fingerprint density at radius 2 is 1.71 bits per heavy atom. The highest BCUT2D eigenvalue weighted by Gasteiger charge is 2.11. The zero-order chi connectivity index (χ0) is 15.1. The van der Waals surface area contributed by atoms with E-state index in [9.17, 15) is 9.50 Å². The molecule has 0 saturated carbocycles. The van der Waals surface area contributed by atoms with Gasteiger partial charge in [0.1, 0.15) is 11.6 Å². The molecule has 2 aromatic carbocycles. The second-order valence-corrected chi connectivity index (χ2v) is 5.36. The number of hydrogen-bond acceptors (Lipinski definition) is 2. The van der Waals surface area contributed by atoms with Crippen molar-refractivity contribution in [3.8, 4) is 5.75 Å². The van der Waals surface area contributed by atoms with Crippen LogP contribution in [0.3, 0.4) is 0 Å². The molecule has 0 aliphatic heterocycles. The van der Waals surface area contributed by atoms with E-state index in [2.05, 4.69) is 12.2 Å². The minimum atomic E-state index is -0.195. The van der Waals surface area contributed by atoms with Gasteiger partial charge in [0, 0.05) is 6.04 Å². The Labute approximate surface area is 125 Å². The first kappa shape index (κ1) is 15.5. The van der Waals surface area contributed by atoms with E-state index in [1.54, 1.807) is 24.3 Å². The van der Waals surface area contributed by atoms with Crippen molar-refractivity contribution < 1.29 is 9.50 Å². The Kier molecular flexibility index (Phi) is 5.76. The van der Waals surface area contributed by atoms with E-state index in [4.69, 9.17) is 0 Å². The second-order valence-electron chi connectivity index (χ2n) is 5.36.